The first-order chi connectivity index (χ1) is 11.7. The summed E-state index contributed by atoms with van der Waals surface area (Å²) in [6.07, 6.45) is 4.85. The van der Waals surface area contributed by atoms with Crippen molar-refractivity contribution in [1.29, 1.82) is 0 Å². The van der Waals surface area contributed by atoms with Gasteiger partial charge in [-0.15, -0.1) is 5.10 Å². The van der Waals surface area contributed by atoms with E-state index in [0.29, 0.717) is 35.5 Å². The van der Waals surface area contributed by atoms with Crippen molar-refractivity contribution in [3.63, 3.8) is 0 Å². The smallest absolute Gasteiger partial charge is 0.161 e. The molecular formula is C19H19ClFN3. The van der Waals surface area contributed by atoms with Crippen LogP contribution in [0.2, 0.25) is 5.02 Å². The standard InChI is InChI=1S/C19H19ClFN3/c20-14-7-5-13(6-8-14)19(9-15(21)10-19)18-22-16(11-1-2-11)17(23-24-18)12-3-4-12/h5-8,11-12,15H,1-4,9-10H2/t15-,19-. The fourth-order valence-corrected chi connectivity index (χ4v) is 3.99. The number of halogens is 2. The molecule has 0 atom stereocenters. The van der Waals surface area contributed by atoms with Gasteiger partial charge in [0.1, 0.15) is 6.17 Å². The molecule has 3 fully saturated rings. The molecule has 0 spiro atoms. The lowest BCUT2D eigenvalue weighted by atomic mass is 9.62. The Balaban J connectivity index is 1.59. The van der Waals surface area contributed by atoms with Crippen LogP contribution in [0.3, 0.4) is 0 Å². The highest BCUT2D eigenvalue weighted by atomic mass is 35.5. The molecule has 2 aromatic rings. The minimum Gasteiger partial charge on any atom is -0.247 e. The van der Waals surface area contributed by atoms with Crippen LogP contribution in [0.25, 0.3) is 0 Å². The highest BCUT2D eigenvalue weighted by Crippen LogP contribution is 2.51. The van der Waals surface area contributed by atoms with E-state index in [0.717, 1.165) is 17.0 Å². The van der Waals surface area contributed by atoms with Crippen molar-refractivity contribution in [2.75, 3.05) is 0 Å². The summed E-state index contributed by atoms with van der Waals surface area (Å²) in [6.45, 7) is 0. The van der Waals surface area contributed by atoms with Crippen LogP contribution < -0.4 is 0 Å². The topological polar surface area (TPSA) is 38.7 Å². The zero-order valence-electron chi connectivity index (χ0n) is 13.4. The van der Waals surface area contributed by atoms with Crippen molar-refractivity contribution >= 4 is 11.6 Å². The lowest BCUT2D eigenvalue weighted by Gasteiger charge is -2.43. The van der Waals surface area contributed by atoms with Gasteiger partial charge < -0.3 is 0 Å². The van der Waals surface area contributed by atoms with Crippen molar-refractivity contribution < 1.29 is 4.39 Å². The summed E-state index contributed by atoms with van der Waals surface area (Å²) in [5, 5.41) is 9.72. The van der Waals surface area contributed by atoms with Gasteiger partial charge in [0.25, 0.3) is 0 Å². The Morgan fingerprint density at radius 3 is 2.12 bits per heavy atom. The van der Waals surface area contributed by atoms with Crippen LogP contribution in [0.1, 0.15) is 73.1 Å². The minimum absolute atomic E-state index is 0.434. The third-order valence-corrected chi connectivity index (χ3v) is 5.89. The van der Waals surface area contributed by atoms with Crippen LogP contribution >= 0.6 is 11.6 Å². The molecule has 1 aromatic heterocycles. The molecule has 5 heteroatoms. The monoisotopic (exact) mass is 343 g/mol. The largest absolute Gasteiger partial charge is 0.247 e. The molecule has 3 saturated carbocycles. The molecule has 3 nitrogen and oxygen atoms in total. The van der Waals surface area contributed by atoms with Gasteiger partial charge in [0.15, 0.2) is 5.82 Å². The predicted molar refractivity (Wildman–Crippen MR) is 90.1 cm³/mol. The number of rotatable bonds is 4. The Bertz CT molecular complexity index is 778. The Kier molecular flexibility index (Phi) is 3.21. The summed E-state index contributed by atoms with van der Waals surface area (Å²) in [4.78, 5) is 4.95. The number of nitrogens with zero attached hydrogens (tertiary/aromatic N) is 3. The van der Waals surface area contributed by atoms with Crippen LogP contribution in [-0.2, 0) is 5.41 Å². The fraction of sp³-hybridized carbons (Fsp3) is 0.526. The van der Waals surface area contributed by atoms with Gasteiger partial charge >= 0.3 is 0 Å². The van der Waals surface area contributed by atoms with E-state index in [1.54, 1.807) is 0 Å². The van der Waals surface area contributed by atoms with Crippen LogP contribution in [0, 0.1) is 0 Å². The van der Waals surface area contributed by atoms with Crippen LogP contribution in [0.5, 0.6) is 0 Å². The average molecular weight is 344 g/mol. The van der Waals surface area contributed by atoms with Gasteiger partial charge in [0.05, 0.1) is 16.8 Å². The highest BCUT2D eigenvalue weighted by Gasteiger charge is 2.51. The van der Waals surface area contributed by atoms with Crippen molar-refractivity contribution in [1.82, 2.24) is 15.2 Å². The van der Waals surface area contributed by atoms with Gasteiger partial charge in [0, 0.05) is 16.9 Å². The van der Waals surface area contributed by atoms with Crippen molar-refractivity contribution in [3.05, 3.63) is 52.1 Å². The number of benzene rings is 1. The third-order valence-electron chi connectivity index (χ3n) is 5.63. The van der Waals surface area contributed by atoms with Crippen molar-refractivity contribution in [3.8, 4) is 0 Å². The molecule has 124 valence electrons. The van der Waals surface area contributed by atoms with Gasteiger partial charge in [-0.25, -0.2) is 9.37 Å². The summed E-state index contributed by atoms with van der Waals surface area (Å²) < 4.78 is 13.8. The lowest BCUT2D eigenvalue weighted by Crippen LogP contribution is -2.45. The Hall–Kier alpha value is -1.55. The molecule has 5 rings (SSSR count). The Morgan fingerprint density at radius 2 is 1.54 bits per heavy atom. The van der Waals surface area contributed by atoms with E-state index in [2.05, 4.69) is 10.2 Å². The Labute approximate surface area is 145 Å². The van der Waals surface area contributed by atoms with E-state index < -0.39 is 11.6 Å². The Morgan fingerprint density at radius 1 is 0.917 bits per heavy atom. The van der Waals surface area contributed by atoms with E-state index >= 15 is 0 Å². The first kappa shape index (κ1) is 14.8. The van der Waals surface area contributed by atoms with Crippen LogP contribution in [-0.4, -0.2) is 21.4 Å². The summed E-state index contributed by atoms with van der Waals surface area (Å²) in [5.74, 6) is 1.79. The van der Waals surface area contributed by atoms with Gasteiger partial charge in [-0.05, 0) is 56.2 Å². The maximum Gasteiger partial charge on any atom is 0.161 e. The average Bonchev–Trinajstić information content (AvgIpc) is 3.45. The molecule has 0 saturated heterocycles. The molecule has 0 bridgehead atoms. The van der Waals surface area contributed by atoms with Crippen LogP contribution in [0.4, 0.5) is 4.39 Å². The van der Waals surface area contributed by atoms with Gasteiger partial charge in [0.2, 0.25) is 0 Å². The van der Waals surface area contributed by atoms with Gasteiger partial charge in [-0.3, -0.25) is 0 Å². The molecular weight excluding hydrogens is 325 g/mol. The molecule has 0 N–H and O–H groups in total. The van der Waals surface area contributed by atoms with Crippen molar-refractivity contribution in [2.45, 2.75) is 61.9 Å². The summed E-state index contributed by atoms with van der Waals surface area (Å²) >= 11 is 6.02. The van der Waals surface area contributed by atoms with Gasteiger partial charge in [-0.1, -0.05) is 23.7 Å². The maximum atomic E-state index is 13.8. The first-order valence-electron chi connectivity index (χ1n) is 8.81. The molecule has 0 radical (unpaired) electrons. The van der Waals surface area contributed by atoms with E-state index in [4.69, 9.17) is 16.6 Å². The number of aromatic nitrogens is 3. The molecule has 3 aliphatic carbocycles. The molecule has 1 aromatic carbocycles. The van der Waals surface area contributed by atoms with Crippen LogP contribution in [0.15, 0.2) is 24.3 Å². The molecule has 0 unspecified atom stereocenters. The first-order valence-corrected chi connectivity index (χ1v) is 9.18. The number of alkyl halides is 1. The van der Waals surface area contributed by atoms with E-state index in [-0.39, 0.29) is 0 Å². The normalized spacial score (nSPS) is 29.3. The third kappa shape index (κ3) is 2.34. The predicted octanol–water partition coefficient (Wildman–Crippen LogP) is 4.70. The van der Waals surface area contributed by atoms with E-state index in [1.165, 1.54) is 25.7 Å². The van der Waals surface area contributed by atoms with Crippen molar-refractivity contribution in [2.24, 2.45) is 0 Å². The summed E-state index contributed by atoms with van der Waals surface area (Å²) in [7, 11) is 0. The molecule has 3 aliphatic rings. The van der Waals surface area contributed by atoms with E-state index in [9.17, 15) is 4.39 Å². The molecule has 1 heterocycles. The molecule has 0 aliphatic heterocycles. The second-order valence-corrected chi connectivity index (χ2v) is 7.99. The quantitative estimate of drug-likeness (QED) is 0.807. The zero-order chi connectivity index (χ0) is 16.3. The zero-order valence-corrected chi connectivity index (χ0v) is 14.1. The SMILES string of the molecule is F[C@H]1C[C@](c2ccc(Cl)cc2)(c2nnc(C3CC3)c(C3CC3)n2)C1. The number of hydrogen-bond acceptors (Lipinski definition) is 3. The maximum absolute atomic E-state index is 13.8. The minimum atomic E-state index is -0.795. The number of hydrogen-bond donors (Lipinski definition) is 0. The second kappa shape index (κ2) is 5.22. The fourth-order valence-electron chi connectivity index (χ4n) is 3.87. The summed E-state index contributed by atoms with van der Waals surface area (Å²) in [6, 6.07) is 7.67. The lowest BCUT2D eigenvalue weighted by molar-refractivity contribution is 0.115. The second-order valence-electron chi connectivity index (χ2n) is 7.55. The van der Waals surface area contributed by atoms with Gasteiger partial charge in [-0.2, -0.15) is 5.10 Å². The summed E-state index contributed by atoms with van der Waals surface area (Å²) in [5.41, 5.74) is 2.84. The molecule has 0 amide bonds. The van der Waals surface area contributed by atoms with E-state index in [1.807, 2.05) is 24.3 Å². The molecule has 24 heavy (non-hydrogen) atoms. The highest BCUT2D eigenvalue weighted by molar-refractivity contribution is 6.30.